The lowest BCUT2D eigenvalue weighted by Gasteiger charge is -2.72. The van der Waals surface area contributed by atoms with Crippen LogP contribution in [0.1, 0.15) is 121 Å². The number of fused-ring (bicyclic) bond motifs is 7. The topological polar surface area (TPSA) is 140 Å². The van der Waals surface area contributed by atoms with E-state index in [2.05, 4.69) is 39.5 Å². The van der Waals surface area contributed by atoms with Crippen LogP contribution in [0.25, 0.3) is 0 Å². The molecule has 0 aromatic heterocycles. The van der Waals surface area contributed by atoms with Crippen LogP contribution in [0.4, 0.5) is 0 Å². The molecule has 12 atom stereocenters. The fourth-order valence-electron chi connectivity index (χ4n) is 12.4. The fourth-order valence-corrected chi connectivity index (χ4v) is 12.4. The lowest BCUT2D eigenvalue weighted by atomic mass is 9.32. The molecule has 5 rings (SSSR count). The van der Waals surface area contributed by atoms with Gasteiger partial charge in [-0.1, -0.05) is 69.1 Å². The first-order valence-corrected chi connectivity index (χ1v) is 20.3. The van der Waals surface area contributed by atoms with E-state index in [1.165, 1.54) is 18.2 Å². The normalized spacial score (nSPS) is 41.3. The summed E-state index contributed by atoms with van der Waals surface area (Å²) in [6.07, 6.45) is 9.15. The number of carbonyl (C=O) groups is 3. The second-order valence-electron chi connectivity index (χ2n) is 19.9. The van der Waals surface area contributed by atoms with Crippen molar-refractivity contribution in [3.8, 4) is 0 Å². The van der Waals surface area contributed by atoms with Gasteiger partial charge in [-0.25, -0.2) is 14.4 Å². The zero-order chi connectivity index (χ0) is 41.1. The van der Waals surface area contributed by atoms with Crippen LogP contribution >= 0.6 is 0 Å². The van der Waals surface area contributed by atoms with Gasteiger partial charge < -0.3 is 29.5 Å². The molecular weight excluding hydrogens is 696 g/mol. The predicted octanol–water partition coefficient (Wildman–Crippen LogP) is 7.74. The summed E-state index contributed by atoms with van der Waals surface area (Å²) in [6, 6.07) is 0. The number of carbonyl (C=O) groups excluding carboxylic acids is 3. The van der Waals surface area contributed by atoms with Gasteiger partial charge in [0.1, 0.15) is 18.8 Å². The minimum atomic E-state index is -1.33. The van der Waals surface area contributed by atoms with E-state index < -0.39 is 64.0 Å². The number of ether oxygens (including phenoxy) is 3. The first-order valence-electron chi connectivity index (χ1n) is 20.3. The van der Waals surface area contributed by atoms with E-state index in [0.29, 0.717) is 19.3 Å². The summed E-state index contributed by atoms with van der Waals surface area (Å²) < 4.78 is 17.8. The van der Waals surface area contributed by atoms with E-state index in [9.17, 15) is 29.7 Å². The van der Waals surface area contributed by atoms with Crippen molar-refractivity contribution in [2.75, 3.05) is 13.2 Å². The quantitative estimate of drug-likeness (QED) is 0.0931. The Balaban J connectivity index is 1.60. The minimum absolute atomic E-state index is 0.00570. The maximum Gasteiger partial charge on any atom is 0.331 e. The van der Waals surface area contributed by atoms with Crippen molar-refractivity contribution in [2.24, 2.45) is 50.2 Å². The van der Waals surface area contributed by atoms with Gasteiger partial charge in [0, 0.05) is 29.1 Å². The Hall–Kier alpha value is -3.01. The van der Waals surface area contributed by atoms with Crippen molar-refractivity contribution in [1.29, 1.82) is 0 Å². The molecule has 306 valence electrons. The third-order valence-electron chi connectivity index (χ3n) is 15.3. The van der Waals surface area contributed by atoms with Gasteiger partial charge in [-0.15, -0.1) is 6.58 Å². The number of aliphatic hydroxyl groups excluding tert-OH is 3. The molecule has 0 amide bonds. The van der Waals surface area contributed by atoms with E-state index in [4.69, 9.17) is 14.2 Å². The highest BCUT2D eigenvalue weighted by Crippen LogP contribution is 2.76. The number of hydrogen-bond acceptors (Lipinski definition) is 9. The Morgan fingerprint density at radius 3 is 1.89 bits per heavy atom. The Labute approximate surface area is 329 Å². The first-order chi connectivity index (χ1) is 25.4. The second-order valence-corrected chi connectivity index (χ2v) is 19.9. The summed E-state index contributed by atoms with van der Waals surface area (Å²) in [4.78, 5) is 38.9. The summed E-state index contributed by atoms with van der Waals surface area (Å²) in [7, 11) is 0. The maximum absolute atomic E-state index is 13.1. The van der Waals surface area contributed by atoms with Gasteiger partial charge in [0.05, 0.1) is 24.2 Å². The molecule has 5 aliphatic carbocycles. The van der Waals surface area contributed by atoms with Gasteiger partial charge >= 0.3 is 17.9 Å². The number of aliphatic hydroxyl groups is 3. The largest absolute Gasteiger partial charge is 0.462 e. The van der Waals surface area contributed by atoms with Crippen LogP contribution in [-0.4, -0.2) is 70.9 Å². The standard InChI is InChI=1S/C46H68O9/c1-13-45-19-17-34(47)42(10,25-53-36(49)20-27(2)3)32(45)16-18-43(11)33(45)15-14-30-31-23-41(8,9)40(55-38(51)22-29(6)7)39(52)46(31,35(48)24-44(30,43)12)26-54-37(50)21-28(4)5/h13-14,20-22,31-35,39-40,47-48,52H,1,15-19,23-26H2,2-12H3/t31?,32?,33?,34-,35+,39-,40-,42+,43+,44+,45-,46-/m0/s1. The SMILES string of the molecule is C=C[C@]12CC[C@H](O)[C@](C)(COC(=O)C=C(C)C)C1CC[C@]1(C)C2CC=C2C3CC(C)(C)[C@@H](OC(=O)C=C(C)C)[C@H](O)[C@]3(COC(=O)C=C(C)C)[C@H](O)C[C@]21C. The van der Waals surface area contributed by atoms with Crippen molar-refractivity contribution in [1.82, 2.24) is 0 Å². The van der Waals surface area contributed by atoms with Gasteiger partial charge in [0.25, 0.3) is 0 Å². The molecule has 0 heterocycles. The van der Waals surface area contributed by atoms with Crippen LogP contribution in [0.5, 0.6) is 0 Å². The number of rotatable bonds is 9. The Bertz CT molecular complexity index is 1670. The van der Waals surface area contributed by atoms with E-state index in [1.54, 1.807) is 27.7 Å². The second kappa shape index (κ2) is 15.1. The van der Waals surface area contributed by atoms with E-state index in [0.717, 1.165) is 48.0 Å². The fraction of sp³-hybridized carbons (Fsp3) is 0.717. The van der Waals surface area contributed by atoms with Gasteiger partial charge in [-0.2, -0.15) is 0 Å². The van der Waals surface area contributed by atoms with Crippen LogP contribution in [0, 0.1) is 50.2 Å². The van der Waals surface area contributed by atoms with Crippen molar-refractivity contribution < 1.29 is 43.9 Å². The van der Waals surface area contributed by atoms with Crippen LogP contribution in [-0.2, 0) is 28.6 Å². The smallest absolute Gasteiger partial charge is 0.331 e. The Kier molecular flexibility index (Phi) is 11.8. The molecule has 55 heavy (non-hydrogen) atoms. The van der Waals surface area contributed by atoms with Crippen molar-refractivity contribution >= 4 is 17.9 Å². The monoisotopic (exact) mass is 764 g/mol. The molecule has 0 spiro atoms. The average molecular weight is 765 g/mol. The van der Waals surface area contributed by atoms with Gasteiger partial charge in [-0.3, -0.25) is 0 Å². The van der Waals surface area contributed by atoms with E-state index >= 15 is 0 Å². The predicted molar refractivity (Wildman–Crippen MR) is 212 cm³/mol. The van der Waals surface area contributed by atoms with Gasteiger partial charge in [0.2, 0.25) is 0 Å². The minimum Gasteiger partial charge on any atom is -0.462 e. The molecule has 4 fully saturated rings. The molecule has 5 aliphatic rings. The zero-order valence-electron chi connectivity index (χ0n) is 35.3. The van der Waals surface area contributed by atoms with Crippen LogP contribution in [0.3, 0.4) is 0 Å². The molecule has 3 N–H and O–H groups in total. The van der Waals surface area contributed by atoms with Crippen LogP contribution < -0.4 is 0 Å². The summed E-state index contributed by atoms with van der Waals surface area (Å²) in [5.41, 5.74) is -0.370. The van der Waals surface area contributed by atoms with Crippen molar-refractivity contribution in [3.63, 3.8) is 0 Å². The third kappa shape index (κ3) is 7.02. The van der Waals surface area contributed by atoms with Crippen LogP contribution in [0.15, 0.2) is 59.3 Å². The molecule has 0 aromatic carbocycles. The summed E-state index contributed by atoms with van der Waals surface area (Å²) in [5.74, 6) is -1.77. The summed E-state index contributed by atoms with van der Waals surface area (Å²) in [6.45, 7) is 26.0. The molecule has 0 aromatic rings. The molecule has 0 aliphatic heterocycles. The number of esters is 3. The molecule has 3 unspecified atom stereocenters. The molecular formula is C46H68O9. The number of hydrogen-bond donors (Lipinski definition) is 3. The van der Waals surface area contributed by atoms with Crippen molar-refractivity contribution in [3.05, 3.63) is 59.3 Å². The molecule has 0 saturated heterocycles. The number of allylic oxidation sites excluding steroid dienone is 6. The average Bonchev–Trinajstić information content (AvgIpc) is 3.06. The molecule has 0 radical (unpaired) electrons. The maximum atomic E-state index is 13.1. The highest BCUT2D eigenvalue weighted by molar-refractivity contribution is 5.83. The lowest BCUT2D eigenvalue weighted by molar-refractivity contribution is -0.261. The summed E-state index contributed by atoms with van der Waals surface area (Å²) in [5, 5.41) is 36.9. The highest BCUT2D eigenvalue weighted by atomic mass is 16.6. The Morgan fingerprint density at radius 1 is 0.764 bits per heavy atom. The highest BCUT2D eigenvalue weighted by Gasteiger charge is 2.73. The van der Waals surface area contributed by atoms with Crippen LogP contribution in [0.2, 0.25) is 0 Å². The Morgan fingerprint density at radius 2 is 1.33 bits per heavy atom. The molecule has 4 saturated carbocycles. The van der Waals surface area contributed by atoms with E-state index in [1.807, 2.05) is 27.7 Å². The lowest BCUT2D eigenvalue weighted by Crippen LogP contribution is -2.72. The van der Waals surface area contributed by atoms with Gasteiger partial charge in [-0.05, 0) is 120 Å². The third-order valence-corrected chi connectivity index (χ3v) is 15.3. The summed E-state index contributed by atoms with van der Waals surface area (Å²) >= 11 is 0. The molecule has 9 nitrogen and oxygen atoms in total. The zero-order valence-corrected chi connectivity index (χ0v) is 35.3. The van der Waals surface area contributed by atoms with Gasteiger partial charge in [0.15, 0.2) is 0 Å². The van der Waals surface area contributed by atoms with Crippen molar-refractivity contribution in [2.45, 2.75) is 146 Å². The molecule has 0 bridgehead atoms. The van der Waals surface area contributed by atoms with E-state index in [-0.39, 0.29) is 41.8 Å². The first kappa shape index (κ1) is 43.1. The molecule has 9 heteroatoms.